The van der Waals surface area contributed by atoms with Crippen LogP contribution in [0.25, 0.3) is 0 Å². The largest absolute Gasteiger partial charge is 0.373 e. The average molecular weight is 296 g/mol. The van der Waals surface area contributed by atoms with Gasteiger partial charge >= 0.3 is 5.82 Å². The first kappa shape index (κ1) is 17.3. The minimum atomic E-state index is -0.488. The number of hydrogen-bond acceptors (Lipinski definition) is 6. The number of pyridine rings is 1. The zero-order valence-electron chi connectivity index (χ0n) is 13.2. The van der Waals surface area contributed by atoms with E-state index in [4.69, 9.17) is 4.74 Å². The molecular formula is C14H24N4O3. The summed E-state index contributed by atoms with van der Waals surface area (Å²) in [6.45, 7) is 7.08. The van der Waals surface area contributed by atoms with Gasteiger partial charge in [0.1, 0.15) is 0 Å². The summed E-state index contributed by atoms with van der Waals surface area (Å²) in [5, 5.41) is 10.6. The van der Waals surface area contributed by atoms with Crippen LogP contribution in [0.15, 0.2) is 18.3 Å². The van der Waals surface area contributed by atoms with Crippen LogP contribution in [0.5, 0.6) is 0 Å². The number of nitrogens with zero attached hydrogens (tertiary/aromatic N) is 4. The molecule has 0 N–H and O–H groups in total. The number of likely N-dealkylation sites (N-methyl/N-ethyl adjacent to an activating group) is 1. The van der Waals surface area contributed by atoms with E-state index < -0.39 is 4.92 Å². The summed E-state index contributed by atoms with van der Waals surface area (Å²) in [6.07, 6.45) is 1.70. The Kier molecular flexibility index (Phi) is 7.04. The van der Waals surface area contributed by atoms with Crippen LogP contribution < -0.4 is 4.90 Å². The smallest absolute Gasteiger partial charge is 0.363 e. The second-order valence-electron chi connectivity index (χ2n) is 4.83. The van der Waals surface area contributed by atoms with Crippen LogP contribution in [0.1, 0.15) is 13.8 Å². The molecular weight excluding hydrogens is 272 g/mol. The van der Waals surface area contributed by atoms with Crippen molar-refractivity contribution in [2.24, 2.45) is 0 Å². The third-order valence-electron chi connectivity index (χ3n) is 2.99. The lowest BCUT2D eigenvalue weighted by atomic mass is 10.2. The third kappa shape index (κ3) is 5.28. The number of aromatic nitrogens is 1. The Labute approximate surface area is 125 Å². The molecule has 0 radical (unpaired) electrons. The number of anilines is 1. The summed E-state index contributed by atoms with van der Waals surface area (Å²) in [5.41, 5.74) is 0.901. The summed E-state index contributed by atoms with van der Waals surface area (Å²) in [4.78, 5) is 18.2. The molecule has 1 aliphatic rings. The molecule has 21 heavy (non-hydrogen) atoms. The highest BCUT2D eigenvalue weighted by molar-refractivity contribution is 5.47. The number of rotatable bonds is 4. The fraction of sp³-hybridized carbons (Fsp3) is 0.643. The van der Waals surface area contributed by atoms with Crippen molar-refractivity contribution in [3.05, 3.63) is 28.4 Å². The fourth-order valence-corrected chi connectivity index (χ4v) is 2.14. The topological polar surface area (TPSA) is 71.7 Å². The molecule has 0 saturated carbocycles. The maximum Gasteiger partial charge on any atom is 0.363 e. The molecule has 2 rings (SSSR count). The summed E-state index contributed by atoms with van der Waals surface area (Å²) in [5.74, 6) is -0.123. The summed E-state index contributed by atoms with van der Waals surface area (Å²) >= 11 is 0. The Morgan fingerprint density at radius 2 is 2.19 bits per heavy atom. The molecule has 1 unspecified atom stereocenters. The normalized spacial score (nSPS) is 18.1. The van der Waals surface area contributed by atoms with Crippen LogP contribution in [0.3, 0.4) is 0 Å². The van der Waals surface area contributed by atoms with Crippen LogP contribution in [-0.4, -0.2) is 61.2 Å². The standard InChI is InChI=1S/C12H18N4O3.C2H6/c1-14(2)8-11-9-15(5-6-19-11)10-3-4-12(13-7-10)16(17)18;1-2/h3-4,7,11H,5-6,8-9H2,1-2H3;1-2H3. The molecule has 118 valence electrons. The average Bonchev–Trinajstić information content (AvgIpc) is 2.49. The predicted octanol–water partition coefficient (Wildman–Crippen LogP) is 1.78. The molecule has 1 aromatic heterocycles. The van der Waals surface area contributed by atoms with Gasteiger partial charge in [0.25, 0.3) is 0 Å². The van der Waals surface area contributed by atoms with Crippen molar-refractivity contribution < 1.29 is 9.66 Å². The van der Waals surface area contributed by atoms with Crippen molar-refractivity contribution in [1.29, 1.82) is 0 Å². The van der Waals surface area contributed by atoms with Gasteiger partial charge in [-0.05, 0) is 30.1 Å². The summed E-state index contributed by atoms with van der Waals surface area (Å²) in [6, 6.07) is 3.18. The minimum Gasteiger partial charge on any atom is -0.373 e. The van der Waals surface area contributed by atoms with Crippen molar-refractivity contribution in [1.82, 2.24) is 9.88 Å². The van der Waals surface area contributed by atoms with Gasteiger partial charge < -0.3 is 24.7 Å². The lowest BCUT2D eigenvalue weighted by molar-refractivity contribution is -0.389. The highest BCUT2D eigenvalue weighted by atomic mass is 16.6. The van der Waals surface area contributed by atoms with Crippen LogP contribution >= 0.6 is 0 Å². The van der Waals surface area contributed by atoms with E-state index >= 15 is 0 Å². The molecule has 2 heterocycles. The molecule has 7 nitrogen and oxygen atoms in total. The number of morpholine rings is 1. The Bertz CT molecular complexity index is 436. The SMILES string of the molecule is CC.CN(C)CC1CN(c2ccc([N+](=O)[O-])nc2)CCO1. The van der Waals surface area contributed by atoms with Gasteiger partial charge in [0, 0.05) is 25.7 Å². The first-order valence-corrected chi connectivity index (χ1v) is 7.18. The zero-order chi connectivity index (χ0) is 15.8. The molecule has 0 aliphatic carbocycles. The molecule has 1 saturated heterocycles. The second-order valence-corrected chi connectivity index (χ2v) is 4.83. The summed E-state index contributed by atoms with van der Waals surface area (Å²) < 4.78 is 5.69. The van der Waals surface area contributed by atoms with Crippen molar-refractivity contribution >= 4 is 11.5 Å². The molecule has 1 fully saturated rings. The number of nitro groups is 1. The first-order chi connectivity index (χ1) is 10.1. The highest BCUT2D eigenvalue weighted by Crippen LogP contribution is 2.19. The molecule has 7 heteroatoms. The Morgan fingerprint density at radius 1 is 1.48 bits per heavy atom. The van der Waals surface area contributed by atoms with Gasteiger partial charge in [-0.3, -0.25) is 0 Å². The highest BCUT2D eigenvalue weighted by Gasteiger charge is 2.22. The third-order valence-corrected chi connectivity index (χ3v) is 2.99. The van der Waals surface area contributed by atoms with E-state index in [1.54, 1.807) is 12.3 Å². The van der Waals surface area contributed by atoms with Gasteiger partial charge in [0.2, 0.25) is 0 Å². The molecule has 0 spiro atoms. The van der Waals surface area contributed by atoms with E-state index in [0.717, 1.165) is 25.3 Å². The van der Waals surface area contributed by atoms with E-state index in [2.05, 4.69) is 14.8 Å². The summed E-state index contributed by atoms with van der Waals surface area (Å²) in [7, 11) is 4.02. The second kappa shape index (κ2) is 8.53. The monoisotopic (exact) mass is 296 g/mol. The van der Waals surface area contributed by atoms with E-state index in [-0.39, 0.29) is 11.9 Å². The maximum atomic E-state index is 10.6. The molecule has 0 bridgehead atoms. The van der Waals surface area contributed by atoms with Gasteiger partial charge in [0.15, 0.2) is 6.20 Å². The number of ether oxygens (including phenoxy) is 1. The maximum absolute atomic E-state index is 10.6. The molecule has 0 amide bonds. The van der Waals surface area contributed by atoms with E-state index in [9.17, 15) is 10.1 Å². The molecule has 1 aliphatic heterocycles. The van der Waals surface area contributed by atoms with Crippen LogP contribution in [0.4, 0.5) is 11.5 Å². The number of hydrogen-bond donors (Lipinski definition) is 0. The van der Waals surface area contributed by atoms with Gasteiger partial charge in [-0.2, -0.15) is 0 Å². The van der Waals surface area contributed by atoms with Crippen molar-refractivity contribution in [2.75, 3.05) is 45.2 Å². The Balaban J connectivity index is 0.00000106. The van der Waals surface area contributed by atoms with Gasteiger partial charge in [-0.25, -0.2) is 0 Å². The van der Waals surface area contributed by atoms with Crippen molar-refractivity contribution in [3.8, 4) is 0 Å². The molecule has 0 aromatic carbocycles. The van der Waals surface area contributed by atoms with Gasteiger partial charge in [-0.1, -0.05) is 13.8 Å². The van der Waals surface area contributed by atoms with E-state index in [1.165, 1.54) is 6.07 Å². The Hall–Kier alpha value is -1.73. The lowest BCUT2D eigenvalue weighted by Crippen LogP contribution is -2.46. The lowest BCUT2D eigenvalue weighted by Gasteiger charge is -2.35. The fourth-order valence-electron chi connectivity index (χ4n) is 2.14. The van der Waals surface area contributed by atoms with Crippen LogP contribution in [0, 0.1) is 10.1 Å². The Morgan fingerprint density at radius 3 is 2.71 bits per heavy atom. The minimum absolute atomic E-state index is 0.123. The first-order valence-electron chi connectivity index (χ1n) is 7.18. The molecule has 1 aromatic rings. The zero-order valence-corrected chi connectivity index (χ0v) is 13.2. The van der Waals surface area contributed by atoms with Gasteiger partial charge in [-0.15, -0.1) is 0 Å². The van der Waals surface area contributed by atoms with Crippen LogP contribution in [-0.2, 0) is 4.74 Å². The van der Waals surface area contributed by atoms with Crippen molar-refractivity contribution in [2.45, 2.75) is 20.0 Å². The van der Waals surface area contributed by atoms with E-state index in [0.29, 0.717) is 6.61 Å². The van der Waals surface area contributed by atoms with Crippen molar-refractivity contribution in [3.63, 3.8) is 0 Å². The van der Waals surface area contributed by atoms with E-state index in [1.807, 2.05) is 27.9 Å². The quantitative estimate of drug-likeness (QED) is 0.623. The van der Waals surface area contributed by atoms with Crippen LogP contribution in [0.2, 0.25) is 0 Å². The van der Waals surface area contributed by atoms with Gasteiger partial charge in [0.05, 0.1) is 18.4 Å². The predicted molar refractivity (Wildman–Crippen MR) is 82.7 cm³/mol. The molecule has 1 atom stereocenters.